The van der Waals surface area contributed by atoms with Gasteiger partial charge in [-0.25, -0.2) is 0 Å². The van der Waals surface area contributed by atoms with Crippen molar-refractivity contribution in [1.82, 2.24) is 0 Å². The van der Waals surface area contributed by atoms with E-state index in [1.807, 2.05) is 6.92 Å². The van der Waals surface area contributed by atoms with Crippen LogP contribution in [0.25, 0.3) is 0 Å². The Balaban J connectivity index is 3.17. The Bertz CT molecular complexity index is 791. The summed E-state index contributed by atoms with van der Waals surface area (Å²) in [4.78, 5) is 23.8. The summed E-state index contributed by atoms with van der Waals surface area (Å²) in [5.74, 6) is -0.269. The highest BCUT2D eigenvalue weighted by Crippen LogP contribution is 2.14. The van der Waals surface area contributed by atoms with Crippen LogP contribution in [0, 0.1) is 5.92 Å². The van der Waals surface area contributed by atoms with Crippen molar-refractivity contribution in [3.63, 3.8) is 0 Å². The molecule has 0 rings (SSSR count). The molecule has 0 aliphatic rings. The molecule has 0 aromatic heterocycles. The van der Waals surface area contributed by atoms with Crippen LogP contribution in [-0.2, 0) is 66.4 Å². The zero-order valence-corrected chi connectivity index (χ0v) is 35.7. The molecular formula is C42H82O14. The first-order valence-corrected chi connectivity index (χ1v) is 21.7. The second-order valence-electron chi connectivity index (χ2n) is 13.3. The van der Waals surface area contributed by atoms with Gasteiger partial charge in [-0.05, 0) is 19.3 Å². The first-order valence-electron chi connectivity index (χ1n) is 21.7. The summed E-state index contributed by atoms with van der Waals surface area (Å²) in [7, 11) is 0. The van der Waals surface area contributed by atoms with Gasteiger partial charge in [0, 0.05) is 6.42 Å². The molecule has 14 nitrogen and oxygen atoms in total. The predicted molar refractivity (Wildman–Crippen MR) is 215 cm³/mol. The molecule has 0 N–H and O–H groups in total. The number of ether oxygens (including phenoxy) is 12. The monoisotopic (exact) mass is 811 g/mol. The molecule has 0 aliphatic carbocycles. The number of esters is 2. The van der Waals surface area contributed by atoms with Crippen LogP contribution in [0.3, 0.4) is 0 Å². The molecule has 0 aliphatic heterocycles. The molecule has 0 saturated heterocycles. The molecule has 0 fully saturated rings. The SMILES string of the molecule is CCCCCCCCCCCC(=O)OCCOCCOCCOCCOCCOCCOCCOCCOCCOCCOCCOC(=O)C(CC)CCCC. The van der Waals surface area contributed by atoms with E-state index < -0.39 is 0 Å². The van der Waals surface area contributed by atoms with Gasteiger partial charge in [-0.1, -0.05) is 85.0 Å². The topological polar surface area (TPSA) is 145 Å². The maximum absolute atomic E-state index is 12.0. The van der Waals surface area contributed by atoms with Gasteiger partial charge in [0.1, 0.15) is 13.2 Å². The highest BCUT2D eigenvalue weighted by atomic mass is 16.6. The van der Waals surface area contributed by atoms with Gasteiger partial charge in [0.2, 0.25) is 0 Å². The van der Waals surface area contributed by atoms with E-state index >= 15 is 0 Å². The lowest BCUT2D eigenvalue weighted by atomic mass is 10.00. The molecule has 14 heteroatoms. The molecule has 1 unspecified atom stereocenters. The number of unbranched alkanes of at least 4 members (excludes halogenated alkanes) is 9. The van der Waals surface area contributed by atoms with E-state index in [-0.39, 0.29) is 31.1 Å². The van der Waals surface area contributed by atoms with E-state index in [0.29, 0.717) is 139 Å². The van der Waals surface area contributed by atoms with E-state index in [2.05, 4.69) is 13.8 Å². The number of hydrogen-bond acceptors (Lipinski definition) is 14. The quantitative estimate of drug-likeness (QED) is 0.0495. The van der Waals surface area contributed by atoms with Crippen LogP contribution in [0.1, 0.15) is 111 Å². The standard InChI is InChI=1S/C42H82O14/c1-4-7-9-10-11-12-13-14-15-17-41(43)55-38-36-53-34-32-51-30-28-49-26-24-47-22-20-45-18-19-46-21-23-48-25-27-50-29-31-52-33-35-54-37-39-56-42(44)40(6-3)16-8-5-2/h40H,4-39H2,1-3H3. The molecule has 56 heavy (non-hydrogen) atoms. The molecule has 1 atom stereocenters. The lowest BCUT2D eigenvalue weighted by Crippen LogP contribution is -2.20. The van der Waals surface area contributed by atoms with E-state index in [1.165, 1.54) is 44.9 Å². The first kappa shape index (κ1) is 54.5. The van der Waals surface area contributed by atoms with Gasteiger partial charge in [-0.15, -0.1) is 0 Å². The van der Waals surface area contributed by atoms with E-state index in [0.717, 1.165) is 38.5 Å². The zero-order chi connectivity index (χ0) is 40.7. The second kappa shape index (κ2) is 47.9. The summed E-state index contributed by atoms with van der Waals surface area (Å²) < 4.78 is 65.4. The van der Waals surface area contributed by atoms with Crippen molar-refractivity contribution >= 4 is 11.9 Å². The minimum atomic E-state index is -0.139. The van der Waals surface area contributed by atoms with Gasteiger partial charge in [0.05, 0.1) is 138 Å². The van der Waals surface area contributed by atoms with Crippen molar-refractivity contribution < 1.29 is 66.4 Å². The molecule has 0 spiro atoms. The lowest BCUT2D eigenvalue weighted by Gasteiger charge is -2.13. The molecule has 0 aromatic rings. The fourth-order valence-corrected chi connectivity index (χ4v) is 5.21. The third kappa shape index (κ3) is 43.7. The van der Waals surface area contributed by atoms with Crippen LogP contribution in [0.4, 0.5) is 0 Å². The third-order valence-electron chi connectivity index (χ3n) is 8.53. The van der Waals surface area contributed by atoms with E-state index in [1.54, 1.807) is 0 Å². The molecule has 0 aromatic carbocycles. The van der Waals surface area contributed by atoms with Crippen LogP contribution in [0.5, 0.6) is 0 Å². The summed E-state index contributed by atoms with van der Waals surface area (Å²) in [5, 5.41) is 0. The number of carbonyl (C=O) groups is 2. The van der Waals surface area contributed by atoms with Gasteiger partial charge in [0.25, 0.3) is 0 Å². The zero-order valence-electron chi connectivity index (χ0n) is 35.7. The fraction of sp³-hybridized carbons (Fsp3) is 0.952. The Hall–Kier alpha value is -1.46. The van der Waals surface area contributed by atoms with Gasteiger partial charge < -0.3 is 56.8 Å². The Labute approximate surface area is 339 Å². The minimum absolute atomic E-state index is 0.00706. The normalized spacial score (nSPS) is 12.0. The summed E-state index contributed by atoms with van der Waals surface area (Å²) in [5.41, 5.74) is 0. The lowest BCUT2D eigenvalue weighted by molar-refractivity contribution is -0.150. The minimum Gasteiger partial charge on any atom is -0.463 e. The van der Waals surface area contributed by atoms with Crippen molar-refractivity contribution in [3.05, 3.63) is 0 Å². The van der Waals surface area contributed by atoms with Crippen LogP contribution >= 0.6 is 0 Å². The summed E-state index contributed by atoms with van der Waals surface area (Å²) in [6, 6.07) is 0. The molecule has 0 heterocycles. The molecule has 0 radical (unpaired) electrons. The van der Waals surface area contributed by atoms with Gasteiger partial charge >= 0.3 is 11.9 Å². The van der Waals surface area contributed by atoms with Gasteiger partial charge in [-0.2, -0.15) is 0 Å². The molecule has 0 bridgehead atoms. The molecular weight excluding hydrogens is 728 g/mol. The molecule has 0 amide bonds. The Kier molecular flexibility index (Phi) is 46.7. The van der Waals surface area contributed by atoms with Gasteiger partial charge in [-0.3, -0.25) is 9.59 Å². The number of rotatable bonds is 48. The second-order valence-corrected chi connectivity index (χ2v) is 13.3. The summed E-state index contributed by atoms with van der Waals surface area (Å²) in [6.07, 6.45) is 15.4. The van der Waals surface area contributed by atoms with Crippen molar-refractivity contribution in [2.24, 2.45) is 5.92 Å². The Morgan fingerprint density at radius 3 is 0.946 bits per heavy atom. The predicted octanol–water partition coefficient (Wildman–Crippen LogP) is 6.38. The van der Waals surface area contributed by atoms with Crippen LogP contribution in [0.2, 0.25) is 0 Å². The Morgan fingerprint density at radius 2 is 0.625 bits per heavy atom. The summed E-state index contributed by atoms with van der Waals surface area (Å²) in [6.45, 7) is 16.3. The average Bonchev–Trinajstić information content (AvgIpc) is 3.20. The maximum atomic E-state index is 12.0. The van der Waals surface area contributed by atoms with E-state index in [4.69, 9.17) is 56.8 Å². The molecule has 334 valence electrons. The van der Waals surface area contributed by atoms with Crippen LogP contribution in [-0.4, -0.2) is 157 Å². The summed E-state index contributed by atoms with van der Waals surface area (Å²) >= 11 is 0. The average molecular weight is 811 g/mol. The smallest absolute Gasteiger partial charge is 0.308 e. The number of carbonyl (C=O) groups excluding carboxylic acids is 2. The Morgan fingerprint density at radius 1 is 0.339 bits per heavy atom. The number of hydrogen-bond donors (Lipinski definition) is 0. The highest BCUT2D eigenvalue weighted by Gasteiger charge is 2.17. The van der Waals surface area contributed by atoms with Crippen molar-refractivity contribution in [2.75, 3.05) is 145 Å². The third-order valence-corrected chi connectivity index (χ3v) is 8.53. The van der Waals surface area contributed by atoms with Crippen molar-refractivity contribution in [3.8, 4) is 0 Å². The van der Waals surface area contributed by atoms with Gasteiger partial charge in [0.15, 0.2) is 0 Å². The molecule has 0 saturated carbocycles. The first-order chi connectivity index (χ1) is 27.7. The maximum Gasteiger partial charge on any atom is 0.308 e. The fourth-order valence-electron chi connectivity index (χ4n) is 5.21. The van der Waals surface area contributed by atoms with Crippen molar-refractivity contribution in [2.45, 2.75) is 111 Å². The van der Waals surface area contributed by atoms with E-state index in [9.17, 15) is 9.59 Å². The van der Waals surface area contributed by atoms with Crippen molar-refractivity contribution in [1.29, 1.82) is 0 Å². The van der Waals surface area contributed by atoms with Crippen LogP contribution < -0.4 is 0 Å². The highest BCUT2D eigenvalue weighted by molar-refractivity contribution is 5.72. The van der Waals surface area contributed by atoms with Crippen LogP contribution in [0.15, 0.2) is 0 Å². The largest absolute Gasteiger partial charge is 0.463 e.